The van der Waals surface area contributed by atoms with Gasteiger partial charge in [0, 0.05) is 17.9 Å². The summed E-state index contributed by atoms with van der Waals surface area (Å²) in [5.74, 6) is 1.53. The smallest absolute Gasteiger partial charge is 0.226 e. The molecule has 1 aliphatic rings. The summed E-state index contributed by atoms with van der Waals surface area (Å²) in [6, 6.07) is 16.0. The van der Waals surface area contributed by atoms with Crippen LogP contribution in [0.15, 0.2) is 48.5 Å². The normalized spacial score (nSPS) is 15.9. The molecule has 1 N–H and O–H groups in total. The van der Waals surface area contributed by atoms with E-state index in [-0.39, 0.29) is 11.8 Å². The Hall–Kier alpha value is -3.19. The highest BCUT2D eigenvalue weighted by Crippen LogP contribution is 2.41. The van der Waals surface area contributed by atoms with Crippen molar-refractivity contribution < 1.29 is 9.53 Å². The van der Waals surface area contributed by atoms with Crippen molar-refractivity contribution in [1.82, 2.24) is 14.8 Å². The van der Waals surface area contributed by atoms with Crippen LogP contribution in [0.1, 0.15) is 36.1 Å². The minimum atomic E-state index is -0.00718. The van der Waals surface area contributed by atoms with E-state index in [1.807, 2.05) is 50.2 Å². The third kappa shape index (κ3) is 3.07. The molecule has 3 heterocycles. The van der Waals surface area contributed by atoms with E-state index in [4.69, 9.17) is 14.8 Å². The van der Waals surface area contributed by atoms with Gasteiger partial charge in [-0.3, -0.25) is 4.79 Å². The molecule has 0 bridgehead atoms. The standard InChI is InChI=1S/C22H20N4O2S/c1-3-28-15-9-10-17-18(11-15)29-22(23-17)26-21-20(13(2)25-26)16(12-19(27)24-21)14-7-5-4-6-8-14/h4-11,16H,3,12H2,1-2H3,(H,24,27)/t16-/m0/s1. The lowest BCUT2D eigenvalue weighted by Gasteiger charge is -2.24. The lowest BCUT2D eigenvalue weighted by atomic mass is 9.86. The Kier molecular flexibility index (Phi) is 4.32. The van der Waals surface area contributed by atoms with Crippen LogP contribution >= 0.6 is 11.3 Å². The van der Waals surface area contributed by atoms with Gasteiger partial charge in [0.25, 0.3) is 0 Å². The van der Waals surface area contributed by atoms with Gasteiger partial charge in [0.05, 0.1) is 22.5 Å². The number of hydrogen-bond donors (Lipinski definition) is 1. The van der Waals surface area contributed by atoms with E-state index in [2.05, 4.69) is 17.4 Å². The number of nitrogens with zero attached hydrogens (tertiary/aromatic N) is 3. The van der Waals surface area contributed by atoms with E-state index in [1.165, 1.54) is 11.3 Å². The largest absolute Gasteiger partial charge is 0.494 e. The molecule has 0 spiro atoms. The second-order valence-corrected chi connectivity index (χ2v) is 8.04. The van der Waals surface area contributed by atoms with Crippen LogP contribution in [0.25, 0.3) is 15.3 Å². The number of aromatic nitrogens is 3. The van der Waals surface area contributed by atoms with Crippen LogP contribution in [0, 0.1) is 6.92 Å². The summed E-state index contributed by atoms with van der Waals surface area (Å²) >= 11 is 1.53. The molecule has 0 radical (unpaired) electrons. The zero-order valence-electron chi connectivity index (χ0n) is 16.2. The fourth-order valence-electron chi connectivity index (χ4n) is 3.90. The van der Waals surface area contributed by atoms with Crippen molar-refractivity contribution >= 4 is 33.3 Å². The molecule has 1 atom stereocenters. The van der Waals surface area contributed by atoms with Crippen molar-refractivity contribution in [3.63, 3.8) is 0 Å². The highest BCUT2D eigenvalue weighted by Gasteiger charge is 2.33. The molecule has 146 valence electrons. The van der Waals surface area contributed by atoms with Crippen molar-refractivity contribution in [3.8, 4) is 10.9 Å². The number of aryl methyl sites for hydroxylation is 1. The lowest BCUT2D eigenvalue weighted by molar-refractivity contribution is -0.116. The van der Waals surface area contributed by atoms with Crippen LogP contribution in [-0.4, -0.2) is 27.3 Å². The summed E-state index contributed by atoms with van der Waals surface area (Å²) in [6.07, 6.45) is 0.418. The Labute approximate surface area is 172 Å². The molecule has 0 unspecified atom stereocenters. The number of hydrogen-bond acceptors (Lipinski definition) is 5. The molecule has 1 aliphatic heterocycles. The number of fused-ring (bicyclic) bond motifs is 2. The second kappa shape index (κ2) is 7.00. The van der Waals surface area contributed by atoms with E-state index in [9.17, 15) is 4.79 Å². The van der Waals surface area contributed by atoms with Crippen LogP contribution in [-0.2, 0) is 4.79 Å². The Balaban J connectivity index is 1.63. The van der Waals surface area contributed by atoms with Gasteiger partial charge in [0.15, 0.2) is 0 Å². The van der Waals surface area contributed by atoms with Gasteiger partial charge in [0.1, 0.15) is 11.6 Å². The van der Waals surface area contributed by atoms with Gasteiger partial charge in [0.2, 0.25) is 11.0 Å². The molecule has 7 heteroatoms. The number of rotatable bonds is 4. The second-order valence-electron chi connectivity index (χ2n) is 7.03. The molecule has 29 heavy (non-hydrogen) atoms. The third-order valence-corrected chi connectivity index (χ3v) is 6.14. The van der Waals surface area contributed by atoms with E-state index >= 15 is 0 Å². The number of nitrogens with one attached hydrogen (secondary N) is 1. The van der Waals surface area contributed by atoms with Gasteiger partial charge < -0.3 is 10.1 Å². The molecule has 2 aromatic heterocycles. The number of carbonyl (C=O) groups excluding carboxylic acids is 1. The van der Waals surface area contributed by atoms with Crippen molar-refractivity contribution in [2.24, 2.45) is 0 Å². The maximum Gasteiger partial charge on any atom is 0.226 e. The fraction of sp³-hybridized carbons (Fsp3) is 0.227. The molecule has 6 nitrogen and oxygen atoms in total. The number of ether oxygens (including phenoxy) is 1. The monoisotopic (exact) mass is 404 g/mol. The Morgan fingerprint density at radius 2 is 2.07 bits per heavy atom. The van der Waals surface area contributed by atoms with Gasteiger partial charge in [-0.25, -0.2) is 4.98 Å². The predicted octanol–water partition coefficient (Wildman–Crippen LogP) is 4.66. The van der Waals surface area contributed by atoms with Crippen molar-refractivity contribution in [3.05, 3.63) is 65.4 Å². The van der Waals surface area contributed by atoms with Crippen LogP contribution < -0.4 is 10.1 Å². The van der Waals surface area contributed by atoms with Crippen molar-refractivity contribution in [1.29, 1.82) is 0 Å². The van der Waals surface area contributed by atoms with E-state index in [0.29, 0.717) is 13.0 Å². The summed E-state index contributed by atoms with van der Waals surface area (Å²) in [6.45, 7) is 4.58. The molecule has 2 aromatic carbocycles. The third-order valence-electron chi connectivity index (χ3n) is 5.15. The molecule has 0 aliphatic carbocycles. The van der Waals surface area contributed by atoms with Gasteiger partial charge >= 0.3 is 0 Å². The lowest BCUT2D eigenvalue weighted by Crippen LogP contribution is -2.24. The van der Waals surface area contributed by atoms with Gasteiger partial charge in [-0.05, 0) is 37.6 Å². The summed E-state index contributed by atoms with van der Waals surface area (Å²) < 4.78 is 8.39. The minimum Gasteiger partial charge on any atom is -0.494 e. The number of amides is 1. The van der Waals surface area contributed by atoms with Crippen LogP contribution in [0.3, 0.4) is 0 Å². The number of anilines is 1. The van der Waals surface area contributed by atoms with E-state index in [0.717, 1.165) is 43.7 Å². The average Bonchev–Trinajstić information content (AvgIpc) is 3.29. The first-order valence-corrected chi connectivity index (χ1v) is 10.4. The first-order valence-electron chi connectivity index (χ1n) is 9.62. The quantitative estimate of drug-likeness (QED) is 0.537. The van der Waals surface area contributed by atoms with Gasteiger partial charge in [-0.15, -0.1) is 0 Å². The zero-order valence-corrected chi connectivity index (χ0v) is 17.0. The number of carbonyl (C=O) groups is 1. The highest BCUT2D eigenvalue weighted by atomic mass is 32.1. The number of benzene rings is 2. The van der Waals surface area contributed by atoms with Gasteiger partial charge in [-0.1, -0.05) is 41.7 Å². The van der Waals surface area contributed by atoms with Crippen LogP contribution in [0.2, 0.25) is 0 Å². The predicted molar refractivity (Wildman–Crippen MR) is 114 cm³/mol. The van der Waals surface area contributed by atoms with Crippen LogP contribution in [0.5, 0.6) is 5.75 Å². The van der Waals surface area contributed by atoms with E-state index < -0.39 is 0 Å². The topological polar surface area (TPSA) is 69.0 Å². The summed E-state index contributed by atoms with van der Waals surface area (Å²) in [4.78, 5) is 17.2. The summed E-state index contributed by atoms with van der Waals surface area (Å²) in [7, 11) is 0. The molecule has 4 aromatic rings. The minimum absolute atomic E-state index is 0.00682. The first kappa shape index (κ1) is 17.9. The first-order chi connectivity index (χ1) is 14.1. The summed E-state index contributed by atoms with van der Waals surface area (Å²) in [5.41, 5.74) is 3.97. The van der Waals surface area contributed by atoms with Gasteiger partial charge in [-0.2, -0.15) is 9.78 Å². The van der Waals surface area contributed by atoms with Crippen LogP contribution in [0.4, 0.5) is 5.82 Å². The Morgan fingerprint density at radius 1 is 1.24 bits per heavy atom. The molecule has 5 rings (SSSR count). The maximum absolute atomic E-state index is 12.5. The average molecular weight is 404 g/mol. The SMILES string of the molecule is CCOc1ccc2nc(-n3nc(C)c4c3NC(=O)C[C@H]4c3ccccc3)sc2c1. The van der Waals surface area contributed by atoms with E-state index in [1.54, 1.807) is 4.68 Å². The maximum atomic E-state index is 12.5. The highest BCUT2D eigenvalue weighted by molar-refractivity contribution is 7.20. The number of thiazole rings is 1. The zero-order chi connectivity index (χ0) is 20.0. The molecular formula is C22H20N4O2S. The fourth-order valence-corrected chi connectivity index (χ4v) is 4.85. The molecule has 0 saturated heterocycles. The summed E-state index contributed by atoms with van der Waals surface area (Å²) in [5, 5.41) is 8.50. The molecule has 1 amide bonds. The molecular weight excluding hydrogens is 384 g/mol. The van der Waals surface area contributed by atoms with Crippen molar-refractivity contribution in [2.75, 3.05) is 11.9 Å². The molecule has 0 fully saturated rings. The van der Waals surface area contributed by atoms with Crippen molar-refractivity contribution in [2.45, 2.75) is 26.2 Å². The Morgan fingerprint density at radius 3 is 2.86 bits per heavy atom. The molecule has 0 saturated carbocycles. The Bertz CT molecular complexity index is 1210.